The Balaban J connectivity index is 2.07. The monoisotopic (exact) mass is 321 g/mol. The van der Waals surface area contributed by atoms with Crippen LogP contribution in [0.5, 0.6) is 11.5 Å². The Kier molecular flexibility index (Phi) is 5.44. The van der Waals surface area contributed by atoms with Crippen LogP contribution in [-0.2, 0) is 4.79 Å². The summed E-state index contributed by atoms with van der Waals surface area (Å²) < 4.78 is 10.4. The van der Waals surface area contributed by atoms with E-state index in [1.165, 1.54) is 7.11 Å². The highest BCUT2D eigenvalue weighted by atomic mass is 16.5. The van der Waals surface area contributed by atoms with Gasteiger partial charge in [0.05, 0.1) is 25.8 Å². The average Bonchev–Trinajstić information content (AvgIpc) is 2.59. The number of benzene rings is 1. The van der Waals surface area contributed by atoms with Crippen molar-refractivity contribution in [3.05, 3.63) is 23.8 Å². The van der Waals surface area contributed by atoms with Crippen LogP contribution in [0, 0.1) is 0 Å². The molecule has 0 unspecified atom stereocenters. The highest BCUT2D eigenvalue weighted by molar-refractivity contribution is 5.97. The lowest BCUT2D eigenvalue weighted by atomic mass is 10.1. The first-order valence-corrected chi connectivity index (χ1v) is 7.53. The van der Waals surface area contributed by atoms with Crippen molar-refractivity contribution in [1.82, 2.24) is 9.80 Å². The quantitative estimate of drug-likeness (QED) is 0.864. The summed E-state index contributed by atoms with van der Waals surface area (Å²) >= 11 is 0. The van der Waals surface area contributed by atoms with E-state index in [2.05, 4.69) is 0 Å². The summed E-state index contributed by atoms with van der Waals surface area (Å²) in [5.74, 6) is 0.908. The lowest BCUT2D eigenvalue weighted by molar-refractivity contribution is -0.133. The van der Waals surface area contributed by atoms with Crippen LogP contribution in [0.1, 0.15) is 17.3 Å². The van der Waals surface area contributed by atoms with Crippen molar-refractivity contribution < 1.29 is 19.1 Å². The van der Waals surface area contributed by atoms with Gasteiger partial charge in [-0.15, -0.1) is 0 Å². The number of nitrogens with zero attached hydrogens (tertiary/aromatic N) is 2. The Morgan fingerprint density at radius 2 is 1.70 bits per heavy atom. The molecule has 1 aromatic rings. The zero-order chi connectivity index (χ0) is 17.0. The maximum absolute atomic E-state index is 12.7. The van der Waals surface area contributed by atoms with Crippen molar-refractivity contribution in [2.75, 3.05) is 40.4 Å². The molecule has 126 valence electrons. The summed E-state index contributed by atoms with van der Waals surface area (Å²) in [7, 11) is 3.08. The fourth-order valence-electron chi connectivity index (χ4n) is 2.56. The van der Waals surface area contributed by atoms with Gasteiger partial charge in [0.1, 0.15) is 11.5 Å². The Hall–Kier alpha value is -2.28. The van der Waals surface area contributed by atoms with E-state index in [-0.39, 0.29) is 11.8 Å². The fraction of sp³-hybridized carbons (Fsp3) is 0.500. The molecule has 0 bridgehead atoms. The summed E-state index contributed by atoms with van der Waals surface area (Å²) in [6.45, 7) is 3.61. The molecular weight excluding hydrogens is 298 g/mol. The molecule has 0 aliphatic carbocycles. The van der Waals surface area contributed by atoms with Gasteiger partial charge in [0, 0.05) is 32.2 Å². The highest BCUT2D eigenvalue weighted by Gasteiger charge is 2.27. The predicted octanol–water partition coefficient (Wildman–Crippen LogP) is 0.335. The van der Waals surface area contributed by atoms with E-state index in [1.54, 1.807) is 42.0 Å². The number of amides is 2. The number of methoxy groups -OCH3 is 2. The maximum atomic E-state index is 12.7. The zero-order valence-corrected chi connectivity index (χ0v) is 13.7. The van der Waals surface area contributed by atoms with Crippen LogP contribution in [0.2, 0.25) is 0 Å². The number of carbonyl (C=O) groups excluding carboxylic acids is 2. The molecule has 2 rings (SSSR count). The number of hydrogen-bond acceptors (Lipinski definition) is 5. The largest absolute Gasteiger partial charge is 0.497 e. The minimum atomic E-state index is -0.515. The molecule has 7 heteroatoms. The van der Waals surface area contributed by atoms with E-state index in [0.717, 1.165) is 0 Å². The van der Waals surface area contributed by atoms with E-state index in [1.807, 2.05) is 0 Å². The topological polar surface area (TPSA) is 85.1 Å². The van der Waals surface area contributed by atoms with Crippen molar-refractivity contribution >= 4 is 11.8 Å². The first kappa shape index (κ1) is 17.1. The third kappa shape index (κ3) is 3.73. The van der Waals surface area contributed by atoms with Gasteiger partial charge >= 0.3 is 0 Å². The van der Waals surface area contributed by atoms with Gasteiger partial charge in [0.15, 0.2) is 0 Å². The summed E-state index contributed by atoms with van der Waals surface area (Å²) in [6.07, 6.45) is 0. The summed E-state index contributed by atoms with van der Waals surface area (Å²) in [4.78, 5) is 28.0. The SMILES string of the molecule is COc1ccc(C(=O)N2CCN(C(=O)[C@H](C)N)CC2)c(OC)c1. The lowest BCUT2D eigenvalue weighted by Crippen LogP contribution is -2.53. The normalized spacial score (nSPS) is 16.0. The minimum Gasteiger partial charge on any atom is -0.497 e. The Bertz CT molecular complexity index is 581. The van der Waals surface area contributed by atoms with Crippen LogP contribution in [0.15, 0.2) is 18.2 Å². The van der Waals surface area contributed by atoms with Crippen molar-refractivity contribution in [3.63, 3.8) is 0 Å². The minimum absolute atomic E-state index is 0.0841. The van der Waals surface area contributed by atoms with Crippen LogP contribution in [0.25, 0.3) is 0 Å². The number of ether oxygens (including phenoxy) is 2. The number of carbonyl (C=O) groups is 2. The molecule has 23 heavy (non-hydrogen) atoms. The third-order valence-corrected chi connectivity index (χ3v) is 3.91. The number of hydrogen-bond donors (Lipinski definition) is 1. The molecule has 0 radical (unpaired) electrons. The van der Waals surface area contributed by atoms with E-state index in [4.69, 9.17) is 15.2 Å². The van der Waals surface area contributed by atoms with Gasteiger partial charge in [-0.1, -0.05) is 0 Å². The molecule has 7 nitrogen and oxygen atoms in total. The summed E-state index contributed by atoms with van der Waals surface area (Å²) in [5, 5.41) is 0. The van der Waals surface area contributed by atoms with Gasteiger partial charge in [-0.25, -0.2) is 0 Å². The zero-order valence-electron chi connectivity index (χ0n) is 13.7. The summed E-state index contributed by atoms with van der Waals surface area (Å²) in [6, 6.07) is 4.59. The lowest BCUT2D eigenvalue weighted by Gasteiger charge is -2.35. The first-order valence-electron chi connectivity index (χ1n) is 7.53. The molecule has 2 N–H and O–H groups in total. The van der Waals surface area contributed by atoms with Crippen LogP contribution < -0.4 is 15.2 Å². The second kappa shape index (κ2) is 7.32. The molecule has 1 saturated heterocycles. The third-order valence-electron chi connectivity index (χ3n) is 3.91. The Labute approximate surface area is 135 Å². The molecule has 1 aliphatic heterocycles. The van der Waals surface area contributed by atoms with Crippen LogP contribution in [0.3, 0.4) is 0 Å². The van der Waals surface area contributed by atoms with E-state index in [9.17, 15) is 9.59 Å². The smallest absolute Gasteiger partial charge is 0.257 e. The molecule has 1 fully saturated rings. The van der Waals surface area contributed by atoms with Crippen molar-refractivity contribution in [3.8, 4) is 11.5 Å². The van der Waals surface area contributed by atoms with Gasteiger partial charge in [-0.05, 0) is 19.1 Å². The van der Waals surface area contributed by atoms with Gasteiger partial charge in [0.2, 0.25) is 5.91 Å². The first-order chi connectivity index (χ1) is 11.0. The predicted molar refractivity (Wildman–Crippen MR) is 85.7 cm³/mol. The fourth-order valence-corrected chi connectivity index (χ4v) is 2.56. The van der Waals surface area contributed by atoms with Gasteiger partial charge < -0.3 is 25.0 Å². The molecule has 0 spiro atoms. The highest BCUT2D eigenvalue weighted by Crippen LogP contribution is 2.26. The Morgan fingerprint density at radius 1 is 1.09 bits per heavy atom. The Morgan fingerprint density at radius 3 is 2.22 bits per heavy atom. The van der Waals surface area contributed by atoms with Crippen molar-refractivity contribution in [2.45, 2.75) is 13.0 Å². The number of rotatable bonds is 4. The average molecular weight is 321 g/mol. The molecule has 1 aromatic carbocycles. The van der Waals surface area contributed by atoms with Crippen molar-refractivity contribution in [1.29, 1.82) is 0 Å². The molecule has 0 saturated carbocycles. The van der Waals surface area contributed by atoms with Crippen molar-refractivity contribution in [2.24, 2.45) is 5.73 Å². The molecule has 2 amide bonds. The molecule has 0 aromatic heterocycles. The maximum Gasteiger partial charge on any atom is 0.257 e. The van der Waals surface area contributed by atoms with E-state index in [0.29, 0.717) is 43.2 Å². The number of piperazine rings is 1. The number of nitrogens with two attached hydrogens (primary N) is 1. The van der Waals surface area contributed by atoms with E-state index < -0.39 is 6.04 Å². The van der Waals surface area contributed by atoms with E-state index >= 15 is 0 Å². The summed E-state index contributed by atoms with van der Waals surface area (Å²) in [5.41, 5.74) is 6.10. The van der Waals surface area contributed by atoms with Gasteiger partial charge in [0.25, 0.3) is 5.91 Å². The van der Waals surface area contributed by atoms with Gasteiger partial charge in [-0.2, -0.15) is 0 Å². The molecule has 1 aliphatic rings. The standard InChI is InChI=1S/C16H23N3O4/c1-11(17)15(20)18-6-8-19(9-7-18)16(21)13-5-4-12(22-2)10-14(13)23-3/h4-5,10-11H,6-9,17H2,1-3H3/t11-/m0/s1. The molecular formula is C16H23N3O4. The van der Waals surface area contributed by atoms with Crippen LogP contribution in [0.4, 0.5) is 0 Å². The van der Waals surface area contributed by atoms with Crippen LogP contribution >= 0.6 is 0 Å². The second-order valence-corrected chi connectivity index (χ2v) is 5.47. The van der Waals surface area contributed by atoms with Crippen LogP contribution in [-0.4, -0.2) is 68.1 Å². The second-order valence-electron chi connectivity index (χ2n) is 5.47. The molecule has 1 atom stereocenters. The molecule has 1 heterocycles. The van der Waals surface area contributed by atoms with Gasteiger partial charge in [-0.3, -0.25) is 9.59 Å².